The van der Waals surface area contributed by atoms with Crippen LogP contribution in [0.5, 0.6) is 5.75 Å². The van der Waals surface area contributed by atoms with Gasteiger partial charge in [0.15, 0.2) is 14.6 Å². The molecule has 8 nitrogen and oxygen atoms in total. The summed E-state index contributed by atoms with van der Waals surface area (Å²) in [6, 6.07) is 14.6. The summed E-state index contributed by atoms with van der Waals surface area (Å²) < 4.78 is 46.1. The van der Waals surface area contributed by atoms with Crippen LogP contribution in [0.3, 0.4) is 0 Å². The Bertz CT molecular complexity index is 1210. The summed E-state index contributed by atoms with van der Waals surface area (Å²) in [7, 11) is -1.27. The number of carbonyl (C=O) groups excluding carboxylic acids is 2. The molecule has 2 rings (SSSR count). The summed E-state index contributed by atoms with van der Waals surface area (Å²) in [6.45, 7) is 0.501. The molecule has 0 heterocycles. The van der Waals surface area contributed by atoms with Gasteiger partial charge in [-0.15, -0.1) is 0 Å². The number of sulfone groups is 1. The number of ether oxygens (including phenoxy) is 4. The Balaban J connectivity index is 2.09. The highest BCUT2D eigenvalue weighted by atomic mass is 35.5. The van der Waals surface area contributed by atoms with Gasteiger partial charge in [-0.2, -0.15) is 0 Å². The van der Waals surface area contributed by atoms with Gasteiger partial charge in [-0.25, -0.2) is 8.42 Å². The van der Waals surface area contributed by atoms with Gasteiger partial charge in [-0.05, 0) is 55.9 Å². The normalized spacial score (nSPS) is 13.7. The molecule has 0 saturated carbocycles. The molecule has 11 heteroatoms. The first kappa shape index (κ1) is 34.9. The van der Waals surface area contributed by atoms with Gasteiger partial charge in [0.25, 0.3) is 0 Å². The molecule has 41 heavy (non-hydrogen) atoms. The van der Waals surface area contributed by atoms with E-state index in [1.54, 1.807) is 18.2 Å². The number of hydrogen-bond acceptors (Lipinski definition) is 8. The fourth-order valence-electron chi connectivity index (χ4n) is 4.57. The molecule has 0 radical (unpaired) electrons. The topological polar surface area (TPSA) is 105 Å². The van der Waals surface area contributed by atoms with Crippen molar-refractivity contribution in [3.8, 4) is 5.75 Å². The van der Waals surface area contributed by atoms with E-state index in [4.69, 9.17) is 37.4 Å². The highest BCUT2D eigenvalue weighted by molar-refractivity contribution is 7.92. The average Bonchev–Trinajstić information content (AvgIpc) is 2.94. The lowest BCUT2D eigenvalue weighted by molar-refractivity contribution is -0.144. The smallest absolute Gasteiger partial charge is 0.327 e. The molecule has 0 bridgehead atoms. The summed E-state index contributed by atoms with van der Waals surface area (Å²) in [5.41, 5.74) is 0.981. The maximum Gasteiger partial charge on any atom is 0.327 e. The molecule has 0 aliphatic heterocycles. The van der Waals surface area contributed by atoms with Crippen molar-refractivity contribution in [1.82, 2.24) is 0 Å². The first-order chi connectivity index (χ1) is 19.5. The van der Waals surface area contributed by atoms with E-state index in [-0.39, 0.29) is 25.4 Å². The highest BCUT2D eigenvalue weighted by Gasteiger charge is 2.48. The average molecular weight is 632 g/mol. The van der Waals surface area contributed by atoms with Crippen molar-refractivity contribution >= 4 is 45.0 Å². The van der Waals surface area contributed by atoms with Gasteiger partial charge in [-0.3, -0.25) is 9.59 Å². The van der Waals surface area contributed by atoms with Gasteiger partial charge in [-0.1, -0.05) is 72.8 Å². The number of methoxy groups -OCH3 is 2. The van der Waals surface area contributed by atoms with E-state index in [0.29, 0.717) is 60.9 Å². The van der Waals surface area contributed by atoms with E-state index in [2.05, 4.69) is 4.74 Å². The maximum atomic E-state index is 13.0. The Labute approximate surface area is 253 Å². The zero-order valence-electron chi connectivity index (χ0n) is 23.9. The molecular weight excluding hydrogens is 591 g/mol. The van der Waals surface area contributed by atoms with E-state index >= 15 is 0 Å². The first-order valence-corrected chi connectivity index (χ1v) is 16.3. The second-order valence-corrected chi connectivity index (χ2v) is 13.1. The lowest BCUT2D eigenvalue weighted by Gasteiger charge is -2.30. The number of carbonyl (C=O) groups is 2. The van der Waals surface area contributed by atoms with Crippen LogP contribution in [0.1, 0.15) is 63.4 Å². The SMILES string of the molecule is COC(=O)CCCCCCC(CCCC(COc1ccc(Cl)cc1Cl)OCc1ccccc1)(C(=O)OC)S(C)(=O)=O. The van der Waals surface area contributed by atoms with Crippen LogP contribution in [0.15, 0.2) is 48.5 Å². The Kier molecular flexibility index (Phi) is 15.0. The van der Waals surface area contributed by atoms with E-state index in [9.17, 15) is 18.0 Å². The molecule has 0 saturated heterocycles. The van der Waals surface area contributed by atoms with E-state index < -0.39 is 26.7 Å². The van der Waals surface area contributed by atoms with E-state index in [1.165, 1.54) is 14.2 Å². The minimum atomic E-state index is -3.82. The van der Waals surface area contributed by atoms with Crippen LogP contribution in [-0.4, -0.2) is 58.3 Å². The fourth-order valence-corrected chi connectivity index (χ4v) is 6.45. The molecule has 2 aromatic rings. The van der Waals surface area contributed by atoms with Crippen molar-refractivity contribution in [2.75, 3.05) is 27.1 Å². The predicted molar refractivity (Wildman–Crippen MR) is 160 cm³/mol. The Morgan fingerprint density at radius 3 is 2.22 bits per heavy atom. The number of benzene rings is 2. The quantitative estimate of drug-likeness (QED) is 0.126. The first-order valence-electron chi connectivity index (χ1n) is 13.6. The molecular formula is C30H40Cl2O8S. The van der Waals surface area contributed by atoms with Crippen LogP contribution in [0.4, 0.5) is 0 Å². The second kappa shape index (κ2) is 17.6. The van der Waals surface area contributed by atoms with Crippen LogP contribution in [0.25, 0.3) is 0 Å². The third kappa shape index (κ3) is 11.5. The molecule has 0 aromatic heterocycles. The molecule has 2 aromatic carbocycles. The summed E-state index contributed by atoms with van der Waals surface area (Å²) in [5, 5.41) is 0.857. The number of esters is 2. The van der Waals surface area contributed by atoms with Crippen LogP contribution in [-0.2, 0) is 40.2 Å². The zero-order chi connectivity index (χ0) is 30.3. The number of halogens is 2. The molecule has 0 aliphatic carbocycles. The molecule has 0 N–H and O–H groups in total. The van der Waals surface area contributed by atoms with Crippen LogP contribution in [0.2, 0.25) is 10.0 Å². The standard InChI is InChI=1S/C30H40Cl2O8S/c1-37-28(33)15-9-4-5-10-18-30(29(34)38-2,41(3,35)36)19-11-14-25(39-21-23-12-7-6-8-13-23)22-40-27-17-16-24(31)20-26(27)32/h6-8,12-13,16-17,20,25H,4-5,9-11,14-15,18-19,21-22H2,1-3H3. The van der Waals surface area contributed by atoms with Crippen molar-refractivity contribution in [1.29, 1.82) is 0 Å². The maximum absolute atomic E-state index is 13.0. The summed E-state index contributed by atoms with van der Waals surface area (Å²) in [4.78, 5) is 24.3. The third-order valence-corrected chi connectivity index (χ3v) is 9.49. The van der Waals surface area contributed by atoms with Crippen LogP contribution >= 0.6 is 23.2 Å². The summed E-state index contributed by atoms with van der Waals surface area (Å²) in [5.74, 6) is -0.589. The molecule has 228 valence electrons. The summed E-state index contributed by atoms with van der Waals surface area (Å²) in [6.07, 6.45) is 4.51. The van der Waals surface area contributed by atoms with Gasteiger partial charge >= 0.3 is 11.9 Å². The number of hydrogen-bond donors (Lipinski definition) is 0. The monoisotopic (exact) mass is 630 g/mol. The second-order valence-electron chi connectivity index (χ2n) is 9.94. The van der Waals surface area contributed by atoms with E-state index in [0.717, 1.165) is 18.2 Å². The van der Waals surface area contributed by atoms with E-state index in [1.807, 2.05) is 30.3 Å². The Hall–Kier alpha value is -2.33. The van der Waals surface area contributed by atoms with Gasteiger partial charge < -0.3 is 18.9 Å². The lowest BCUT2D eigenvalue weighted by atomic mass is 9.93. The number of rotatable bonds is 19. The zero-order valence-corrected chi connectivity index (χ0v) is 26.2. The summed E-state index contributed by atoms with van der Waals surface area (Å²) >= 11 is 12.3. The van der Waals surface area contributed by atoms with Crippen molar-refractivity contribution in [3.63, 3.8) is 0 Å². The van der Waals surface area contributed by atoms with Crippen molar-refractivity contribution in [2.45, 2.75) is 75.2 Å². The molecule has 0 amide bonds. The molecule has 0 fully saturated rings. The third-order valence-electron chi connectivity index (χ3n) is 6.96. The van der Waals surface area contributed by atoms with Gasteiger partial charge in [0.05, 0.1) is 32.0 Å². The lowest BCUT2D eigenvalue weighted by Crippen LogP contribution is -2.47. The van der Waals surface area contributed by atoms with Crippen molar-refractivity contribution < 1.29 is 37.0 Å². The molecule has 0 aliphatic rings. The molecule has 2 unspecified atom stereocenters. The fraction of sp³-hybridized carbons (Fsp3) is 0.533. The minimum absolute atomic E-state index is 0.0769. The number of unbranched alkanes of at least 4 members (excludes halogenated alkanes) is 3. The van der Waals surface area contributed by atoms with Gasteiger partial charge in [0, 0.05) is 17.7 Å². The largest absolute Gasteiger partial charge is 0.489 e. The Morgan fingerprint density at radius 1 is 0.902 bits per heavy atom. The predicted octanol–water partition coefficient (Wildman–Crippen LogP) is 6.60. The molecule has 2 atom stereocenters. The Morgan fingerprint density at radius 2 is 1.59 bits per heavy atom. The van der Waals surface area contributed by atoms with Crippen molar-refractivity contribution in [2.24, 2.45) is 0 Å². The minimum Gasteiger partial charge on any atom is -0.489 e. The van der Waals surface area contributed by atoms with Crippen LogP contribution in [0, 0.1) is 0 Å². The highest BCUT2D eigenvalue weighted by Crippen LogP contribution is 2.33. The van der Waals surface area contributed by atoms with Crippen LogP contribution < -0.4 is 4.74 Å². The van der Waals surface area contributed by atoms with Crippen molar-refractivity contribution in [3.05, 3.63) is 64.1 Å². The molecule has 0 spiro atoms. The van der Waals surface area contributed by atoms with Gasteiger partial charge in [0.2, 0.25) is 0 Å². The van der Waals surface area contributed by atoms with Gasteiger partial charge in [0.1, 0.15) is 12.4 Å².